The zero-order chi connectivity index (χ0) is 26.3. The molecule has 0 spiro atoms. The molecule has 0 heterocycles. The molecule has 36 heavy (non-hydrogen) atoms. The van der Waals surface area contributed by atoms with Crippen LogP contribution in [0, 0.1) is 0 Å². The van der Waals surface area contributed by atoms with Crippen molar-refractivity contribution in [2.75, 3.05) is 0 Å². The third-order valence-corrected chi connectivity index (χ3v) is 7.12. The molecule has 4 rings (SSSR count). The highest BCUT2D eigenvalue weighted by Gasteiger charge is 2.27. The van der Waals surface area contributed by atoms with Gasteiger partial charge in [0.15, 0.2) is 0 Å². The van der Waals surface area contributed by atoms with Crippen LogP contribution in [0.25, 0.3) is 33.4 Å². The molecular formula is C36H42. The Morgan fingerprint density at radius 1 is 0.389 bits per heavy atom. The first-order valence-corrected chi connectivity index (χ1v) is 13.2. The lowest BCUT2D eigenvalue weighted by Gasteiger charge is -2.30. The lowest BCUT2D eigenvalue weighted by Crippen LogP contribution is -2.16. The molecule has 0 atom stereocenters. The zero-order valence-corrected chi connectivity index (χ0v) is 23.7. The maximum Gasteiger partial charge on any atom is -0.00264 e. The smallest absolute Gasteiger partial charge is 0.00264 e. The largest absolute Gasteiger partial charge is 0.0622 e. The summed E-state index contributed by atoms with van der Waals surface area (Å²) >= 11 is 0. The van der Waals surface area contributed by atoms with Gasteiger partial charge in [-0.25, -0.2) is 0 Å². The molecule has 0 heteroatoms. The molecule has 4 aromatic rings. The van der Waals surface area contributed by atoms with Crippen molar-refractivity contribution in [3.8, 4) is 33.4 Å². The first-order valence-electron chi connectivity index (χ1n) is 13.2. The third-order valence-electron chi connectivity index (χ3n) is 7.12. The van der Waals surface area contributed by atoms with Crippen LogP contribution >= 0.6 is 0 Å². The summed E-state index contributed by atoms with van der Waals surface area (Å²) in [7, 11) is 0. The van der Waals surface area contributed by atoms with Gasteiger partial charge in [-0.1, -0.05) is 141 Å². The summed E-state index contributed by atoms with van der Waals surface area (Å²) in [6.45, 7) is 20.9. The van der Waals surface area contributed by atoms with Crippen LogP contribution in [-0.4, -0.2) is 0 Å². The van der Waals surface area contributed by atoms with Crippen molar-refractivity contribution >= 4 is 0 Å². The van der Waals surface area contributed by atoms with E-state index >= 15 is 0 Å². The molecule has 0 saturated carbocycles. The molecule has 0 nitrogen and oxygen atoms in total. The second-order valence-corrected chi connectivity index (χ2v) is 13.2. The Balaban J connectivity index is 2.23. The van der Waals surface area contributed by atoms with E-state index in [0.717, 1.165) is 0 Å². The van der Waals surface area contributed by atoms with Gasteiger partial charge in [-0.15, -0.1) is 0 Å². The van der Waals surface area contributed by atoms with Crippen LogP contribution in [0.5, 0.6) is 0 Å². The maximum absolute atomic E-state index is 2.45. The Morgan fingerprint density at radius 2 is 0.778 bits per heavy atom. The van der Waals surface area contributed by atoms with Gasteiger partial charge in [0.25, 0.3) is 0 Å². The molecular weight excluding hydrogens is 432 g/mol. The van der Waals surface area contributed by atoms with Crippen molar-refractivity contribution in [3.63, 3.8) is 0 Å². The zero-order valence-electron chi connectivity index (χ0n) is 23.7. The van der Waals surface area contributed by atoms with Crippen molar-refractivity contribution < 1.29 is 0 Å². The van der Waals surface area contributed by atoms with Gasteiger partial charge in [0.2, 0.25) is 0 Å². The number of rotatable bonds is 3. The lowest BCUT2D eigenvalue weighted by atomic mass is 9.74. The minimum Gasteiger partial charge on any atom is -0.0622 e. The van der Waals surface area contributed by atoms with Crippen molar-refractivity contribution in [3.05, 3.63) is 108 Å². The minimum absolute atomic E-state index is 0.0199. The molecule has 0 aromatic heterocycles. The molecule has 0 fully saturated rings. The molecule has 4 aromatic carbocycles. The molecule has 0 aliphatic rings. The number of hydrogen-bond donors (Lipinski definition) is 0. The van der Waals surface area contributed by atoms with E-state index in [1.165, 1.54) is 50.1 Å². The summed E-state index contributed by atoms with van der Waals surface area (Å²) in [5, 5.41) is 0. The fraction of sp³-hybridized carbons (Fsp3) is 0.333. The highest BCUT2D eigenvalue weighted by atomic mass is 14.3. The average molecular weight is 475 g/mol. The second kappa shape index (κ2) is 9.40. The Hall–Kier alpha value is -3.12. The summed E-state index contributed by atoms with van der Waals surface area (Å²) in [6.07, 6.45) is 0. The van der Waals surface area contributed by atoms with E-state index in [4.69, 9.17) is 0 Å². The second-order valence-electron chi connectivity index (χ2n) is 13.2. The van der Waals surface area contributed by atoms with Gasteiger partial charge in [-0.3, -0.25) is 0 Å². The van der Waals surface area contributed by atoms with E-state index in [-0.39, 0.29) is 16.2 Å². The Morgan fingerprint density at radius 3 is 1.17 bits per heavy atom. The van der Waals surface area contributed by atoms with Crippen LogP contribution in [0.15, 0.2) is 91.0 Å². The average Bonchev–Trinajstić information content (AvgIpc) is 2.82. The van der Waals surface area contributed by atoms with Gasteiger partial charge in [0, 0.05) is 0 Å². The molecule has 0 N–H and O–H groups in total. The fourth-order valence-corrected chi connectivity index (χ4v) is 5.16. The molecule has 0 unspecified atom stereocenters. The molecule has 0 bridgehead atoms. The van der Waals surface area contributed by atoms with Crippen LogP contribution in [0.3, 0.4) is 0 Å². The summed E-state index contributed by atoms with van der Waals surface area (Å²) in [6, 6.07) is 33.8. The number of hydrogen-bond acceptors (Lipinski definition) is 0. The van der Waals surface area contributed by atoms with Crippen molar-refractivity contribution in [1.29, 1.82) is 0 Å². The van der Waals surface area contributed by atoms with Crippen molar-refractivity contribution in [2.24, 2.45) is 0 Å². The predicted octanol–water partition coefficient (Wildman–Crippen LogP) is 10.6. The highest BCUT2D eigenvalue weighted by molar-refractivity contribution is 5.97. The van der Waals surface area contributed by atoms with Gasteiger partial charge < -0.3 is 0 Å². The summed E-state index contributed by atoms with van der Waals surface area (Å²) in [4.78, 5) is 0. The molecule has 0 aliphatic carbocycles. The fourth-order valence-electron chi connectivity index (χ4n) is 5.16. The monoisotopic (exact) mass is 474 g/mol. The van der Waals surface area contributed by atoms with E-state index in [9.17, 15) is 0 Å². The minimum atomic E-state index is 0.0199. The van der Waals surface area contributed by atoms with Crippen molar-refractivity contribution in [2.45, 2.75) is 78.6 Å². The third kappa shape index (κ3) is 5.19. The summed E-state index contributed by atoms with van der Waals surface area (Å²) in [5.74, 6) is 0. The van der Waals surface area contributed by atoms with E-state index in [1.54, 1.807) is 0 Å². The van der Waals surface area contributed by atoms with Crippen LogP contribution in [0.2, 0.25) is 0 Å². The quantitative estimate of drug-likeness (QED) is 0.277. The standard InChI is InChI=1S/C36H42/c1-34(2,3)26-23-29(27-19-13-15-21-31(27)35(4,5)6)33(25-17-11-10-12-18-25)30(24-26)28-20-14-16-22-32(28)36(7,8)9/h10-24H,1-9H3. The van der Waals surface area contributed by atoms with Crippen LogP contribution < -0.4 is 0 Å². The van der Waals surface area contributed by atoms with E-state index in [1.807, 2.05) is 0 Å². The van der Waals surface area contributed by atoms with Gasteiger partial charge in [0.05, 0.1) is 0 Å². The Bertz CT molecular complexity index is 1270. The number of benzene rings is 4. The van der Waals surface area contributed by atoms with Gasteiger partial charge in [0.1, 0.15) is 0 Å². The first-order chi connectivity index (χ1) is 16.8. The van der Waals surface area contributed by atoms with Crippen LogP contribution in [0.1, 0.15) is 79.0 Å². The molecule has 0 radical (unpaired) electrons. The predicted molar refractivity (Wildman–Crippen MR) is 159 cm³/mol. The van der Waals surface area contributed by atoms with Gasteiger partial charge >= 0.3 is 0 Å². The highest BCUT2D eigenvalue weighted by Crippen LogP contribution is 2.47. The van der Waals surface area contributed by atoms with Gasteiger partial charge in [-0.2, -0.15) is 0 Å². The molecule has 0 amide bonds. The lowest BCUT2D eigenvalue weighted by molar-refractivity contribution is 0.588. The van der Waals surface area contributed by atoms with E-state index < -0.39 is 0 Å². The Labute approximate surface area is 219 Å². The van der Waals surface area contributed by atoms with E-state index in [2.05, 4.69) is 153 Å². The Kier molecular flexibility index (Phi) is 6.78. The maximum atomic E-state index is 2.45. The normalized spacial score (nSPS) is 12.6. The van der Waals surface area contributed by atoms with Gasteiger partial charge in [-0.05, 0) is 78.4 Å². The SMILES string of the molecule is CC(C)(C)c1cc(-c2ccccc2C(C)(C)C)c(-c2ccccc2)c(-c2ccccc2C(C)(C)C)c1. The summed E-state index contributed by atoms with van der Waals surface area (Å²) < 4.78 is 0. The van der Waals surface area contributed by atoms with E-state index in [0.29, 0.717) is 0 Å². The first kappa shape index (κ1) is 26.0. The molecule has 0 aliphatic heterocycles. The van der Waals surface area contributed by atoms with Crippen LogP contribution in [0.4, 0.5) is 0 Å². The molecule has 186 valence electrons. The summed E-state index contributed by atoms with van der Waals surface area (Å²) in [5.41, 5.74) is 12.1. The van der Waals surface area contributed by atoms with Crippen LogP contribution in [-0.2, 0) is 16.2 Å². The molecule has 0 saturated heterocycles. The van der Waals surface area contributed by atoms with Crippen molar-refractivity contribution in [1.82, 2.24) is 0 Å². The topological polar surface area (TPSA) is 0 Å².